The third-order valence-corrected chi connectivity index (χ3v) is 6.90. The summed E-state index contributed by atoms with van der Waals surface area (Å²) in [4.78, 5) is 35.1. The first kappa shape index (κ1) is 17.9. The van der Waals surface area contributed by atoms with E-state index in [9.17, 15) is 9.59 Å². The van der Waals surface area contributed by atoms with Gasteiger partial charge in [-0.15, -0.1) is 0 Å². The minimum absolute atomic E-state index is 0.0181. The van der Waals surface area contributed by atoms with E-state index in [1.165, 1.54) is 6.42 Å². The highest BCUT2D eigenvalue weighted by atomic mass is 16.2. The van der Waals surface area contributed by atoms with Gasteiger partial charge in [0.05, 0.1) is 17.4 Å². The molecule has 1 atom stereocenters. The molecule has 2 aromatic rings. The highest BCUT2D eigenvalue weighted by Gasteiger charge is 2.37. The number of rotatable bonds is 3. The standard InChI is InChI=1S/C21H29N5O2/c1-13(2)24-10-8-15-17(12-24)22-19-11-16(23-26(19)21(15)28)18-7-4-9-25(18)20(27)14-5-3-6-14/h11,13-14,18,23H,3-10,12H2,1-2H3/t18-/m0/s1. The van der Waals surface area contributed by atoms with E-state index in [0.717, 1.165) is 68.7 Å². The molecule has 2 fully saturated rings. The molecule has 0 bridgehead atoms. The number of hydrogen-bond acceptors (Lipinski definition) is 4. The number of hydrogen-bond donors (Lipinski definition) is 1. The van der Waals surface area contributed by atoms with Crippen LogP contribution in [-0.2, 0) is 17.8 Å². The van der Waals surface area contributed by atoms with E-state index in [0.29, 0.717) is 17.6 Å². The Labute approximate surface area is 164 Å². The molecule has 7 heteroatoms. The first-order valence-corrected chi connectivity index (χ1v) is 10.7. The molecule has 150 valence electrons. The number of nitrogens with zero attached hydrogens (tertiary/aromatic N) is 4. The first-order chi connectivity index (χ1) is 13.5. The zero-order chi connectivity index (χ0) is 19.4. The largest absolute Gasteiger partial charge is 0.334 e. The lowest BCUT2D eigenvalue weighted by Crippen LogP contribution is -2.39. The van der Waals surface area contributed by atoms with Crippen LogP contribution in [0, 0.1) is 5.92 Å². The predicted molar refractivity (Wildman–Crippen MR) is 106 cm³/mol. The summed E-state index contributed by atoms with van der Waals surface area (Å²) in [5, 5.41) is 3.28. The van der Waals surface area contributed by atoms with Crippen molar-refractivity contribution in [1.29, 1.82) is 0 Å². The number of carbonyl (C=O) groups excluding carboxylic acids is 1. The first-order valence-electron chi connectivity index (χ1n) is 10.7. The number of aromatic amines is 1. The Bertz CT molecular complexity index is 971. The summed E-state index contributed by atoms with van der Waals surface area (Å²) in [6.45, 7) is 6.80. The van der Waals surface area contributed by atoms with Gasteiger partial charge in [0.1, 0.15) is 0 Å². The van der Waals surface area contributed by atoms with Crippen LogP contribution in [0.25, 0.3) is 5.65 Å². The van der Waals surface area contributed by atoms with Crippen LogP contribution >= 0.6 is 0 Å². The number of H-pyrrole nitrogens is 1. The van der Waals surface area contributed by atoms with Crippen LogP contribution in [0.5, 0.6) is 0 Å². The Morgan fingerprint density at radius 1 is 1.21 bits per heavy atom. The topological polar surface area (TPSA) is 73.7 Å². The van der Waals surface area contributed by atoms with Gasteiger partial charge in [0.15, 0.2) is 5.65 Å². The van der Waals surface area contributed by atoms with Gasteiger partial charge in [-0.2, -0.15) is 0 Å². The van der Waals surface area contributed by atoms with Crippen LogP contribution in [0.1, 0.15) is 68.9 Å². The SMILES string of the molecule is CC(C)N1CCc2c(nc3cc([C@@H]4CCCN4C(=O)C4CCC4)[nH]n3c2=O)C1. The summed E-state index contributed by atoms with van der Waals surface area (Å²) in [6.07, 6.45) is 5.91. The van der Waals surface area contributed by atoms with Crippen molar-refractivity contribution in [3.63, 3.8) is 0 Å². The lowest BCUT2D eigenvalue weighted by molar-refractivity contribution is -0.139. The van der Waals surface area contributed by atoms with Gasteiger partial charge < -0.3 is 4.90 Å². The second-order valence-electron chi connectivity index (χ2n) is 8.88. The molecule has 5 rings (SSSR count). The normalized spacial score (nSPS) is 23.4. The Morgan fingerprint density at radius 3 is 2.75 bits per heavy atom. The summed E-state index contributed by atoms with van der Waals surface area (Å²) >= 11 is 0. The number of aromatic nitrogens is 3. The summed E-state index contributed by atoms with van der Waals surface area (Å²) in [7, 11) is 0. The highest BCUT2D eigenvalue weighted by molar-refractivity contribution is 5.80. The minimum Gasteiger partial charge on any atom is -0.334 e. The number of likely N-dealkylation sites (tertiary alicyclic amines) is 1. The van der Waals surface area contributed by atoms with Crippen molar-refractivity contribution in [3.8, 4) is 0 Å². The predicted octanol–water partition coefficient (Wildman–Crippen LogP) is 2.25. The van der Waals surface area contributed by atoms with Gasteiger partial charge in [-0.25, -0.2) is 9.50 Å². The summed E-state index contributed by atoms with van der Waals surface area (Å²) in [6, 6.07) is 2.46. The highest BCUT2D eigenvalue weighted by Crippen LogP contribution is 2.36. The van der Waals surface area contributed by atoms with Crippen LogP contribution in [0.4, 0.5) is 0 Å². The van der Waals surface area contributed by atoms with Crippen LogP contribution in [0.2, 0.25) is 0 Å². The summed E-state index contributed by atoms with van der Waals surface area (Å²) in [5.74, 6) is 0.500. The van der Waals surface area contributed by atoms with Crippen LogP contribution in [-0.4, -0.2) is 49.4 Å². The summed E-state index contributed by atoms with van der Waals surface area (Å²) in [5.41, 5.74) is 3.37. The minimum atomic E-state index is 0.0181. The summed E-state index contributed by atoms with van der Waals surface area (Å²) < 4.78 is 1.59. The average molecular weight is 383 g/mol. The zero-order valence-electron chi connectivity index (χ0n) is 16.8. The van der Waals surface area contributed by atoms with Crippen molar-refractivity contribution in [2.24, 2.45) is 5.92 Å². The van der Waals surface area contributed by atoms with E-state index in [2.05, 4.69) is 23.8 Å². The molecular formula is C21H29N5O2. The molecule has 0 radical (unpaired) electrons. The second kappa shape index (κ2) is 6.72. The van der Waals surface area contributed by atoms with E-state index in [4.69, 9.17) is 4.98 Å². The smallest absolute Gasteiger partial charge is 0.276 e. The molecule has 3 aliphatic rings. The second-order valence-corrected chi connectivity index (χ2v) is 8.88. The molecule has 1 aliphatic carbocycles. The molecule has 2 aromatic heterocycles. The Hall–Kier alpha value is -2.15. The van der Waals surface area contributed by atoms with Gasteiger partial charge in [0.2, 0.25) is 5.91 Å². The number of amides is 1. The van der Waals surface area contributed by atoms with Crippen molar-refractivity contribution in [3.05, 3.63) is 33.4 Å². The quantitative estimate of drug-likeness (QED) is 0.882. The molecule has 4 heterocycles. The van der Waals surface area contributed by atoms with E-state index in [-0.39, 0.29) is 17.5 Å². The fourth-order valence-corrected chi connectivity index (χ4v) is 4.89. The fourth-order valence-electron chi connectivity index (χ4n) is 4.89. The lowest BCUT2D eigenvalue weighted by Gasteiger charge is -2.32. The maximum atomic E-state index is 13.0. The monoisotopic (exact) mass is 383 g/mol. The third-order valence-electron chi connectivity index (χ3n) is 6.90. The average Bonchev–Trinajstić information content (AvgIpc) is 3.26. The van der Waals surface area contributed by atoms with Crippen LogP contribution in [0.3, 0.4) is 0 Å². The third kappa shape index (κ3) is 2.79. The number of fused-ring (bicyclic) bond motifs is 2. The van der Waals surface area contributed by atoms with E-state index in [1.54, 1.807) is 4.52 Å². The molecule has 0 spiro atoms. The maximum Gasteiger partial charge on any atom is 0.276 e. The molecule has 0 unspecified atom stereocenters. The molecule has 1 saturated heterocycles. The van der Waals surface area contributed by atoms with Gasteiger partial charge in [-0.05, 0) is 46.0 Å². The van der Waals surface area contributed by atoms with Crippen molar-refractivity contribution < 1.29 is 4.79 Å². The Balaban J connectivity index is 1.49. The Kier molecular flexibility index (Phi) is 4.30. The maximum absolute atomic E-state index is 13.0. The van der Waals surface area contributed by atoms with E-state index in [1.807, 2.05) is 11.0 Å². The van der Waals surface area contributed by atoms with Gasteiger partial charge in [0, 0.05) is 43.2 Å². The van der Waals surface area contributed by atoms with Gasteiger partial charge in [-0.1, -0.05) is 6.42 Å². The fraction of sp³-hybridized carbons (Fsp3) is 0.667. The van der Waals surface area contributed by atoms with Crippen molar-refractivity contribution in [2.75, 3.05) is 13.1 Å². The van der Waals surface area contributed by atoms with Crippen molar-refractivity contribution in [2.45, 2.75) is 71.0 Å². The number of nitrogens with one attached hydrogen (secondary N) is 1. The molecule has 0 aromatic carbocycles. The van der Waals surface area contributed by atoms with E-state index < -0.39 is 0 Å². The van der Waals surface area contributed by atoms with E-state index >= 15 is 0 Å². The molecule has 1 saturated carbocycles. The number of carbonyl (C=O) groups is 1. The molecule has 1 amide bonds. The van der Waals surface area contributed by atoms with Crippen LogP contribution in [0.15, 0.2) is 10.9 Å². The Morgan fingerprint density at radius 2 is 2.04 bits per heavy atom. The molecule has 7 nitrogen and oxygen atoms in total. The van der Waals surface area contributed by atoms with Crippen molar-refractivity contribution >= 4 is 11.6 Å². The molecule has 28 heavy (non-hydrogen) atoms. The zero-order valence-corrected chi connectivity index (χ0v) is 16.8. The molecule has 2 aliphatic heterocycles. The molecule has 1 N–H and O–H groups in total. The van der Waals surface area contributed by atoms with Gasteiger partial charge >= 0.3 is 0 Å². The van der Waals surface area contributed by atoms with Crippen LogP contribution < -0.4 is 5.56 Å². The molecular weight excluding hydrogens is 354 g/mol. The lowest BCUT2D eigenvalue weighted by atomic mass is 9.84. The van der Waals surface area contributed by atoms with Gasteiger partial charge in [0.25, 0.3) is 5.56 Å². The van der Waals surface area contributed by atoms with Crippen molar-refractivity contribution in [1.82, 2.24) is 24.4 Å². The van der Waals surface area contributed by atoms with Gasteiger partial charge in [-0.3, -0.25) is 19.6 Å².